The van der Waals surface area contributed by atoms with Gasteiger partial charge in [0.05, 0.1) is 29.0 Å². The number of phenols is 2. The van der Waals surface area contributed by atoms with E-state index in [1.54, 1.807) is 19.1 Å². The fraction of sp³-hybridized carbons (Fsp3) is 0.211. The standard InChI is InChI=1S/C19H15N3O6/c1-9(21-27)12-4-15-18-11(6-22(15)19(26)13(12)7-28-8-23)2-10-3-16(24)17(25)5-14(10)20-18/h2-5,8-9,24-25H,6-7H2,1H3. The summed E-state index contributed by atoms with van der Waals surface area (Å²) in [6.45, 7) is 1.77. The fourth-order valence-corrected chi connectivity index (χ4v) is 3.51. The molecule has 1 aliphatic heterocycles. The number of nitrogens with zero attached hydrogens (tertiary/aromatic N) is 3. The average molecular weight is 381 g/mol. The first-order valence-corrected chi connectivity index (χ1v) is 8.45. The minimum atomic E-state index is -0.811. The highest BCUT2D eigenvalue weighted by Crippen LogP contribution is 2.36. The monoisotopic (exact) mass is 381 g/mol. The molecule has 2 N–H and O–H groups in total. The van der Waals surface area contributed by atoms with Gasteiger partial charge in [-0.1, -0.05) is 5.18 Å². The number of phenolic OH excluding ortho intramolecular Hbond substituents is 2. The third kappa shape index (κ3) is 2.59. The maximum Gasteiger partial charge on any atom is 0.293 e. The first-order valence-electron chi connectivity index (χ1n) is 8.45. The molecular formula is C19H15N3O6. The van der Waals surface area contributed by atoms with Crippen LogP contribution in [0.15, 0.2) is 34.2 Å². The second-order valence-electron chi connectivity index (χ2n) is 6.57. The topological polar surface area (TPSA) is 131 Å². The van der Waals surface area contributed by atoms with Crippen molar-refractivity contribution in [1.82, 2.24) is 9.55 Å². The second-order valence-corrected chi connectivity index (χ2v) is 6.57. The number of ether oxygens (including phenoxy) is 1. The Morgan fingerprint density at radius 1 is 1.29 bits per heavy atom. The normalized spacial score (nSPS) is 13.0. The van der Waals surface area contributed by atoms with Crippen LogP contribution >= 0.6 is 0 Å². The van der Waals surface area contributed by atoms with Crippen molar-refractivity contribution < 1.29 is 19.7 Å². The van der Waals surface area contributed by atoms with Gasteiger partial charge in [-0.05, 0) is 30.7 Å². The van der Waals surface area contributed by atoms with Gasteiger partial charge < -0.3 is 19.5 Å². The molecule has 142 valence electrons. The molecule has 1 aromatic carbocycles. The maximum absolute atomic E-state index is 13.0. The molecule has 0 fully saturated rings. The van der Waals surface area contributed by atoms with Crippen molar-refractivity contribution in [3.8, 4) is 22.9 Å². The minimum Gasteiger partial charge on any atom is -0.504 e. The lowest BCUT2D eigenvalue weighted by molar-refractivity contribution is -0.129. The van der Waals surface area contributed by atoms with Crippen LogP contribution in [0.1, 0.15) is 29.7 Å². The SMILES string of the molecule is CC(N=O)c1cc2n(c(=O)c1COC=O)Cc1cc3cc(O)c(O)cc3nc1-2. The molecule has 1 aliphatic rings. The Labute approximate surface area is 157 Å². The van der Waals surface area contributed by atoms with E-state index in [0.29, 0.717) is 27.9 Å². The van der Waals surface area contributed by atoms with Crippen LogP contribution in [0.2, 0.25) is 0 Å². The molecule has 0 saturated carbocycles. The van der Waals surface area contributed by atoms with Crippen LogP contribution in [-0.2, 0) is 22.7 Å². The Morgan fingerprint density at radius 2 is 2.04 bits per heavy atom. The van der Waals surface area contributed by atoms with Crippen LogP contribution in [0, 0.1) is 4.91 Å². The van der Waals surface area contributed by atoms with E-state index in [-0.39, 0.29) is 36.7 Å². The molecular weight excluding hydrogens is 366 g/mol. The number of aromatic hydroxyl groups is 2. The Bertz CT molecular complexity index is 1200. The molecule has 4 rings (SSSR count). The average Bonchev–Trinajstić information content (AvgIpc) is 3.03. The Balaban J connectivity index is 1.96. The zero-order valence-corrected chi connectivity index (χ0v) is 14.7. The number of aromatic nitrogens is 2. The summed E-state index contributed by atoms with van der Waals surface area (Å²) in [5.74, 6) is -0.556. The first kappa shape index (κ1) is 17.7. The fourth-order valence-electron chi connectivity index (χ4n) is 3.51. The molecule has 0 radical (unpaired) electrons. The lowest BCUT2D eigenvalue weighted by Crippen LogP contribution is -2.26. The number of fused-ring (bicyclic) bond motifs is 4. The van der Waals surface area contributed by atoms with Gasteiger partial charge in [0.25, 0.3) is 12.0 Å². The van der Waals surface area contributed by atoms with Gasteiger partial charge in [-0.15, -0.1) is 0 Å². The zero-order chi connectivity index (χ0) is 20.0. The van der Waals surface area contributed by atoms with Crippen molar-refractivity contribution in [2.45, 2.75) is 26.1 Å². The lowest BCUT2D eigenvalue weighted by Gasteiger charge is -2.13. The maximum atomic E-state index is 13.0. The van der Waals surface area contributed by atoms with E-state index >= 15 is 0 Å². The van der Waals surface area contributed by atoms with Gasteiger partial charge in [0.2, 0.25) is 0 Å². The summed E-state index contributed by atoms with van der Waals surface area (Å²) in [7, 11) is 0. The molecule has 0 aliphatic carbocycles. The number of hydrogen-bond donors (Lipinski definition) is 2. The van der Waals surface area contributed by atoms with Gasteiger partial charge in [0.15, 0.2) is 11.5 Å². The lowest BCUT2D eigenvalue weighted by atomic mass is 10.0. The molecule has 9 nitrogen and oxygen atoms in total. The van der Waals surface area contributed by atoms with E-state index in [1.165, 1.54) is 16.7 Å². The number of carbonyl (C=O) groups excluding carboxylic acids is 1. The predicted molar refractivity (Wildman–Crippen MR) is 98.9 cm³/mol. The molecule has 0 amide bonds. The Hall–Kier alpha value is -3.75. The second kappa shape index (κ2) is 6.45. The zero-order valence-electron chi connectivity index (χ0n) is 14.7. The number of hydrogen-bond acceptors (Lipinski definition) is 8. The van der Waals surface area contributed by atoms with E-state index in [9.17, 15) is 24.7 Å². The van der Waals surface area contributed by atoms with E-state index in [0.717, 1.165) is 5.56 Å². The molecule has 3 heterocycles. The van der Waals surface area contributed by atoms with Crippen LogP contribution in [0.4, 0.5) is 0 Å². The van der Waals surface area contributed by atoms with Crippen molar-refractivity contribution in [2.24, 2.45) is 5.18 Å². The first-order chi connectivity index (χ1) is 13.4. The van der Waals surface area contributed by atoms with Crippen molar-refractivity contribution in [2.75, 3.05) is 0 Å². The van der Waals surface area contributed by atoms with E-state index in [1.807, 2.05) is 0 Å². The van der Waals surface area contributed by atoms with Crippen molar-refractivity contribution >= 4 is 17.4 Å². The van der Waals surface area contributed by atoms with Gasteiger partial charge >= 0.3 is 0 Å². The van der Waals surface area contributed by atoms with Crippen molar-refractivity contribution in [1.29, 1.82) is 0 Å². The van der Waals surface area contributed by atoms with Crippen LogP contribution in [-0.4, -0.2) is 26.2 Å². The summed E-state index contributed by atoms with van der Waals surface area (Å²) >= 11 is 0. The summed E-state index contributed by atoms with van der Waals surface area (Å²) in [6, 6.07) is 5.37. The number of nitroso groups, excluding NO2 is 1. The minimum absolute atomic E-state index is 0.190. The third-order valence-electron chi connectivity index (χ3n) is 4.90. The van der Waals surface area contributed by atoms with Gasteiger partial charge in [-0.25, -0.2) is 4.98 Å². The molecule has 9 heteroatoms. The highest BCUT2D eigenvalue weighted by molar-refractivity contribution is 5.86. The summed E-state index contributed by atoms with van der Waals surface area (Å²) in [6.07, 6.45) is 0. The number of pyridine rings is 2. The highest BCUT2D eigenvalue weighted by Gasteiger charge is 2.27. The summed E-state index contributed by atoms with van der Waals surface area (Å²) in [5, 5.41) is 23.1. The largest absolute Gasteiger partial charge is 0.504 e. The summed E-state index contributed by atoms with van der Waals surface area (Å²) in [5.41, 5.74) is 2.42. The summed E-state index contributed by atoms with van der Waals surface area (Å²) in [4.78, 5) is 39.2. The van der Waals surface area contributed by atoms with Crippen LogP contribution < -0.4 is 5.56 Å². The van der Waals surface area contributed by atoms with Gasteiger partial charge in [-0.2, -0.15) is 4.91 Å². The van der Waals surface area contributed by atoms with Crippen molar-refractivity contribution in [3.63, 3.8) is 0 Å². The van der Waals surface area contributed by atoms with Gasteiger partial charge in [-0.3, -0.25) is 9.59 Å². The number of rotatable bonds is 5. The molecule has 0 saturated heterocycles. The van der Waals surface area contributed by atoms with Gasteiger partial charge in [0.1, 0.15) is 12.6 Å². The molecule has 1 atom stereocenters. The van der Waals surface area contributed by atoms with E-state index in [4.69, 9.17) is 4.74 Å². The van der Waals surface area contributed by atoms with E-state index < -0.39 is 11.6 Å². The third-order valence-corrected chi connectivity index (χ3v) is 4.90. The molecule has 28 heavy (non-hydrogen) atoms. The number of carbonyl (C=O) groups is 1. The Kier molecular flexibility index (Phi) is 4.07. The van der Waals surface area contributed by atoms with Gasteiger partial charge in [0, 0.05) is 17.0 Å². The van der Waals surface area contributed by atoms with E-state index in [2.05, 4.69) is 10.2 Å². The molecule has 0 spiro atoms. The van der Waals surface area contributed by atoms with Crippen LogP contribution in [0.3, 0.4) is 0 Å². The molecule has 3 aromatic rings. The Morgan fingerprint density at radius 3 is 2.75 bits per heavy atom. The molecule has 0 bridgehead atoms. The quantitative estimate of drug-likeness (QED) is 0.308. The molecule has 1 unspecified atom stereocenters. The van der Waals surface area contributed by atoms with Crippen molar-refractivity contribution in [3.05, 3.63) is 56.2 Å². The summed E-state index contributed by atoms with van der Waals surface area (Å²) < 4.78 is 6.24. The molecule has 2 aromatic heterocycles. The smallest absolute Gasteiger partial charge is 0.293 e. The number of benzene rings is 1. The highest BCUT2D eigenvalue weighted by atomic mass is 16.5. The van der Waals surface area contributed by atoms with Crippen LogP contribution in [0.5, 0.6) is 11.5 Å². The van der Waals surface area contributed by atoms with Crippen LogP contribution in [0.25, 0.3) is 22.3 Å². The predicted octanol–water partition coefficient (Wildman–Crippen LogP) is 2.34.